The van der Waals surface area contributed by atoms with Crippen molar-refractivity contribution in [1.82, 2.24) is 19.6 Å². The third-order valence-electron chi connectivity index (χ3n) is 2.91. The molecule has 1 aromatic carbocycles. The molecule has 2 aromatic heterocycles. The Bertz CT molecular complexity index is 637. The Morgan fingerprint density at radius 1 is 1.06 bits per heavy atom. The molecule has 0 spiro atoms. The second kappa shape index (κ2) is 4.49. The highest BCUT2D eigenvalue weighted by Crippen LogP contribution is 2.08. The molecule has 0 radical (unpaired) electrons. The second-order valence-electron chi connectivity index (χ2n) is 4.22. The van der Waals surface area contributed by atoms with Gasteiger partial charge in [0.05, 0.1) is 17.9 Å². The van der Waals surface area contributed by atoms with E-state index in [1.807, 2.05) is 71.1 Å². The SMILES string of the molecule is Cc1ccnn1Cc1ccn(-c2ccccc2)n1. The van der Waals surface area contributed by atoms with Crippen molar-refractivity contribution in [2.24, 2.45) is 0 Å². The molecule has 4 nitrogen and oxygen atoms in total. The summed E-state index contributed by atoms with van der Waals surface area (Å²) in [6.45, 7) is 2.75. The fourth-order valence-electron chi connectivity index (χ4n) is 1.89. The van der Waals surface area contributed by atoms with Crippen LogP contribution in [0.25, 0.3) is 5.69 Å². The maximum absolute atomic E-state index is 4.55. The van der Waals surface area contributed by atoms with E-state index < -0.39 is 0 Å². The van der Waals surface area contributed by atoms with Crippen molar-refractivity contribution in [1.29, 1.82) is 0 Å². The van der Waals surface area contributed by atoms with Gasteiger partial charge in [-0.2, -0.15) is 10.2 Å². The van der Waals surface area contributed by atoms with Crippen LogP contribution in [-0.2, 0) is 6.54 Å². The van der Waals surface area contributed by atoms with Crippen LogP contribution in [0.1, 0.15) is 11.4 Å². The number of hydrogen-bond acceptors (Lipinski definition) is 2. The van der Waals surface area contributed by atoms with Crippen LogP contribution in [0.5, 0.6) is 0 Å². The van der Waals surface area contributed by atoms with E-state index in [0.29, 0.717) is 6.54 Å². The average Bonchev–Trinajstić information content (AvgIpc) is 3.02. The van der Waals surface area contributed by atoms with Gasteiger partial charge >= 0.3 is 0 Å². The molecule has 18 heavy (non-hydrogen) atoms. The van der Waals surface area contributed by atoms with Crippen LogP contribution < -0.4 is 0 Å². The molecule has 0 amide bonds. The van der Waals surface area contributed by atoms with E-state index in [1.165, 1.54) is 0 Å². The minimum Gasteiger partial charge on any atom is -0.264 e. The molecule has 0 unspecified atom stereocenters. The molecule has 3 aromatic rings. The molecule has 0 aliphatic carbocycles. The number of benzene rings is 1. The van der Waals surface area contributed by atoms with E-state index in [9.17, 15) is 0 Å². The van der Waals surface area contributed by atoms with E-state index in [0.717, 1.165) is 17.1 Å². The summed E-state index contributed by atoms with van der Waals surface area (Å²) < 4.78 is 3.83. The molecule has 90 valence electrons. The molecule has 0 bridgehead atoms. The lowest BCUT2D eigenvalue weighted by atomic mass is 10.3. The molecule has 0 N–H and O–H groups in total. The third kappa shape index (κ3) is 2.05. The smallest absolute Gasteiger partial charge is 0.0853 e. The highest BCUT2D eigenvalue weighted by Gasteiger charge is 2.03. The summed E-state index contributed by atoms with van der Waals surface area (Å²) in [6, 6.07) is 14.1. The number of rotatable bonds is 3. The van der Waals surface area contributed by atoms with E-state index in [4.69, 9.17) is 0 Å². The first-order valence-corrected chi connectivity index (χ1v) is 5.91. The molecular weight excluding hydrogens is 224 g/mol. The van der Waals surface area contributed by atoms with Gasteiger partial charge in [-0.15, -0.1) is 0 Å². The lowest BCUT2D eigenvalue weighted by Crippen LogP contribution is -2.05. The van der Waals surface area contributed by atoms with Crippen LogP contribution in [0.2, 0.25) is 0 Å². The van der Waals surface area contributed by atoms with Crippen LogP contribution >= 0.6 is 0 Å². The molecule has 2 heterocycles. The Kier molecular flexibility index (Phi) is 2.68. The van der Waals surface area contributed by atoms with Gasteiger partial charge in [0.1, 0.15) is 0 Å². The van der Waals surface area contributed by atoms with Gasteiger partial charge in [-0.3, -0.25) is 4.68 Å². The number of para-hydroxylation sites is 1. The standard InChI is InChI=1S/C14H14N4/c1-12-7-9-15-18(12)11-13-8-10-17(16-13)14-5-3-2-4-6-14/h2-10H,11H2,1H3. The Morgan fingerprint density at radius 3 is 2.61 bits per heavy atom. The Balaban J connectivity index is 1.84. The van der Waals surface area contributed by atoms with Crippen molar-refractivity contribution in [2.75, 3.05) is 0 Å². The number of aryl methyl sites for hydroxylation is 1. The van der Waals surface area contributed by atoms with Crippen molar-refractivity contribution in [3.05, 3.63) is 66.2 Å². The van der Waals surface area contributed by atoms with Crippen molar-refractivity contribution >= 4 is 0 Å². The number of aromatic nitrogens is 4. The van der Waals surface area contributed by atoms with Crippen molar-refractivity contribution < 1.29 is 0 Å². The van der Waals surface area contributed by atoms with Gasteiger partial charge in [-0.05, 0) is 31.2 Å². The summed E-state index contributed by atoms with van der Waals surface area (Å²) in [4.78, 5) is 0. The van der Waals surface area contributed by atoms with E-state index in [-0.39, 0.29) is 0 Å². The lowest BCUT2D eigenvalue weighted by molar-refractivity contribution is 0.644. The molecule has 0 fully saturated rings. The predicted molar refractivity (Wildman–Crippen MR) is 69.6 cm³/mol. The summed E-state index contributed by atoms with van der Waals surface area (Å²) in [5.74, 6) is 0. The summed E-state index contributed by atoms with van der Waals surface area (Å²) in [6.07, 6.45) is 3.78. The molecule has 0 aliphatic rings. The predicted octanol–water partition coefficient (Wildman–Crippen LogP) is 2.43. The van der Waals surface area contributed by atoms with Crippen LogP contribution in [0.15, 0.2) is 54.9 Å². The second-order valence-corrected chi connectivity index (χ2v) is 4.22. The van der Waals surface area contributed by atoms with Gasteiger partial charge in [0.15, 0.2) is 0 Å². The molecule has 4 heteroatoms. The molecule has 3 rings (SSSR count). The molecular formula is C14H14N4. The van der Waals surface area contributed by atoms with Crippen molar-refractivity contribution in [3.63, 3.8) is 0 Å². The van der Waals surface area contributed by atoms with Crippen LogP contribution in [-0.4, -0.2) is 19.6 Å². The van der Waals surface area contributed by atoms with Gasteiger partial charge in [0.2, 0.25) is 0 Å². The van der Waals surface area contributed by atoms with Crippen molar-refractivity contribution in [2.45, 2.75) is 13.5 Å². The quantitative estimate of drug-likeness (QED) is 0.702. The minimum atomic E-state index is 0.707. The first-order valence-electron chi connectivity index (χ1n) is 5.91. The number of hydrogen-bond donors (Lipinski definition) is 0. The number of nitrogens with zero attached hydrogens (tertiary/aromatic N) is 4. The molecule has 0 aliphatic heterocycles. The van der Waals surface area contributed by atoms with Gasteiger partial charge < -0.3 is 0 Å². The van der Waals surface area contributed by atoms with E-state index >= 15 is 0 Å². The van der Waals surface area contributed by atoms with E-state index in [1.54, 1.807) is 0 Å². The highest BCUT2D eigenvalue weighted by molar-refractivity contribution is 5.30. The first kappa shape index (κ1) is 10.8. The van der Waals surface area contributed by atoms with E-state index in [2.05, 4.69) is 10.2 Å². The summed E-state index contributed by atoms with van der Waals surface area (Å²) in [5, 5.41) is 8.81. The van der Waals surface area contributed by atoms with Gasteiger partial charge in [-0.1, -0.05) is 18.2 Å². The maximum atomic E-state index is 4.55. The monoisotopic (exact) mass is 238 g/mol. The Morgan fingerprint density at radius 2 is 1.89 bits per heavy atom. The maximum Gasteiger partial charge on any atom is 0.0853 e. The molecule has 0 saturated carbocycles. The topological polar surface area (TPSA) is 35.6 Å². The largest absolute Gasteiger partial charge is 0.264 e. The fraction of sp³-hybridized carbons (Fsp3) is 0.143. The Labute approximate surface area is 105 Å². The molecule has 0 saturated heterocycles. The van der Waals surface area contributed by atoms with Gasteiger partial charge in [0, 0.05) is 18.1 Å². The fourth-order valence-corrected chi connectivity index (χ4v) is 1.89. The summed E-state index contributed by atoms with van der Waals surface area (Å²) in [5.41, 5.74) is 3.22. The van der Waals surface area contributed by atoms with Crippen molar-refractivity contribution in [3.8, 4) is 5.69 Å². The molecule has 0 atom stereocenters. The summed E-state index contributed by atoms with van der Waals surface area (Å²) >= 11 is 0. The van der Waals surface area contributed by atoms with Gasteiger partial charge in [0.25, 0.3) is 0 Å². The highest BCUT2D eigenvalue weighted by atomic mass is 15.3. The normalized spacial score (nSPS) is 10.7. The van der Waals surface area contributed by atoms with Crippen LogP contribution in [0, 0.1) is 6.92 Å². The summed E-state index contributed by atoms with van der Waals surface area (Å²) in [7, 11) is 0. The zero-order valence-corrected chi connectivity index (χ0v) is 10.2. The first-order chi connectivity index (χ1) is 8.83. The zero-order chi connectivity index (χ0) is 12.4. The Hall–Kier alpha value is -2.36. The van der Waals surface area contributed by atoms with Crippen LogP contribution in [0.4, 0.5) is 0 Å². The minimum absolute atomic E-state index is 0.707. The zero-order valence-electron chi connectivity index (χ0n) is 10.2. The van der Waals surface area contributed by atoms with Crippen LogP contribution in [0.3, 0.4) is 0 Å². The lowest BCUT2D eigenvalue weighted by Gasteiger charge is -2.02. The average molecular weight is 238 g/mol. The third-order valence-corrected chi connectivity index (χ3v) is 2.91. The van der Waals surface area contributed by atoms with Gasteiger partial charge in [-0.25, -0.2) is 4.68 Å².